The smallest absolute Gasteiger partial charge is 0.271 e. The highest BCUT2D eigenvalue weighted by molar-refractivity contribution is 5.92. The molecule has 0 bridgehead atoms. The van der Waals surface area contributed by atoms with E-state index in [1.807, 2.05) is 13.8 Å². The van der Waals surface area contributed by atoms with Gasteiger partial charge in [-0.15, -0.1) is 0 Å². The Morgan fingerprint density at radius 2 is 2.12 bits per heavy atom. The van der Waals surface area contributed by atoms with Crippen molar-refractivity contribution in [1.29, 1.82) is 0 Å². The summed E-state index contributed by atoms with van der Waals surface area (Å²) >= 11 is 0. The minimum absolute atomic E-state index is 0.0406. The summed E-state index contributed by atoms with van der Waals surface area (Å²) in [5.41, 5.74) is 3.04. The number of halogens is 1. The lowest BCUT2D eigenvalue weighted by molar-refractivity contribution is 0.0927. The summed E-state index contributed by atoms with van der Waals surface area (Å²) in [6.07, 6.45) is 4.97. The van der Waals surface area contributed by atoms with Gasteiger partial charge in [0.2, 0.25) is 0 Å². The molecule has 126 valence electrons. The largest absolute Gasteiger partial charge is 0.369 e. The van der Waals surface area contributed by atoms with Gasteiger partial charge in [0.25, 0.3) is 5.91 Å². The van der Waals surface area contributed by atoms with Crippen LogP contribution in [0.1, 0.15) is 34.6 Å². The van der Waals surface area contributed by atoms with Crippen molar-refractivity contribution < 1.29 is 9.18 Å². The predicted molar refractivity (Wildman–Crippen MR) is 90.6 cm³/mol. The second-order valence-electron chi connectivity index (χ2n) is 6.23. The highest BCUT2D eigenvalue weighted by atomic mass is 19.1. The monoisotopic (exact) mass is 328 g/mol. The molecule has 1 amide bonds. The molecule has 24 heavy (non-hydrogen) atoms. The first-order valence-corrected chi connectivity index (χ1v) is 8.13. The summed E-state index contributed by atoms with van der Waals surface area (Å²) in [4.78, 5) is 22.7. The van der Waals surface area contributed by atoms with Crippen LogP contribution < -0.4 is 10.2 Å². The maximum absolute atomic E-state index is 13.3. The third-order valence-corrected chi connectivity index (χ3v) is 4.27. The molecule has 1 saturated heterocycles. The van der Waals surface area contributed by atoms with E-state index in [9.17, 15) is 9.18 Å². The van der Waals surface area contributed by atoms with Crippen molar-refractivity contribution in [3.63, 3.8) is 0 Å². The first-order chi connectivity index (χ1) is 11.5. The summed E-state index contributed by atoms with van der Waals surface area (Å²) in [5.74, 6) is -0.429. The predicted octanol–water partition coefficient (Wildman–Crippen LogP) is 2.63. The second kappa shape index (κ2) is 6.95. The van der Waals surface area contributed by atoms with Crippen molar-refractivity contribution in [2.75, 3.05) is 18.0 Å². The maximum Gasteiger partial charge on any atom is 0.271 e. The maximum atomic E-state index is 13.3. The molecule has 0 radical (unpaired) electrons. The summed E-state index contributed by atoms with van der Waals surface area (Å²) in [6.45, 7) is 5.35. The van der Waals surface area contributed by atoms with Gasteiger partial charge in [0.1, 0.15) is 11.5 Å². The third kappa shape index (κ3) is 3.69. The fourth-order valence-electron chi connectivity index (χ4n) is 3.06. The molecule has 1 aliphatic rings. The Kier molecular flexibility index (Phi) is 4.74. The third-order valence-electron chi connectivity index (χ3n) is 4.27. The molecule has 1 aliphatic heterocycles. The normalized spacial score (nSPS) is 17.6. The number of nitrogens with zero attached hydrogens (tertiary/aromatic N) is 3. The molecule has 0 spiro atoms. The van der Waals surface area contributed by atoms with Crippen LogP contribution in [0.4, 0.5) is 10.1 Å². The second-order valence-corrected chi connectivity index (χ2v) is 6.23. The molecule has 1 unspecified atom stereocenters. The lowest BCUT2D eigenvalue weighted by Gasteiger charge is -2.35. The number of anilines is 1. The molecule has 0 saturated carbocycles. The molecule has 2 heterocycles. The molecule has 5 nitrogen and oxygen atoms in total. The first-order valence-electron chi connectivity index (χ1n) is 8.13. The molecule has 1 atom stereocenters. The number of piperidine rings is 1. The van der Waals surface area contributed by atoms with E-state index in [-0.39, 0.29) is 17.8 Å². The first kappa shape index (κ1) is 16.4. The van der Waals surface area contributed by atoms with Crippen molar-refractivity contribution >= 4 is 11.6 Å². The minimum atomic E-state index is -0.226. The van der Waals surface area contributed by atoms with Crippen molar-refractivity contribution in [2.45, 2.75) is 32.7 Å². The Morgan fingerprint density at radius 3 is 2.83 bits per heavy atom. The molecular formula is C18H21FN4O. The van der Waals surface area contributed by atoms with Crippen molar-refractivity contribution in [2.24, 2.45) is 0 Å². The fourth-order valence-corrected chi connectivity index (χ4v) is 3.06. The summed E-state index contributed by atoms with van der Waals surface area (Å²) in [6, 6.07) is 4.87. The molecule has 3 rings (SSSR count). The number of hydrogen-bond acceptors (Lipinski definition) is 4. The average molecular weight is 328 g/mol. The Hall–Kier alpha value is -2.50. The molecule has 1 fully saturated rings. The van der Waals surface area contributed by atoms with Crippen LogP contribution in [0.25, 0.3) is 0 Å². The Morgan fingerprint density at radius 1 is 1.29 bits per heavy atom. The van der Waals surface area contributed by atoms with Gasteiger partial charge >= 0.3 is 0 Å². The highest BCUT2D eigenvalue weighted by Crippen LogP contribution is 2.24. The highest BCUT2D eigenvalue weighted by Gasteiger charge is 2.23. The lowest BCUT2D eigenvalue weighted by atomic mass is 10.0. The van der Waals surface area contributed by atoms with Crippen LogP contribution in [0.15, 0.2) is 30.6 Å². The zero-order chi connectivity index (χ0) is 17.1. The Bertz CT molecular complexity index is 732. The zero-order valence-corrected chi connectivity index (χ0v) is 13.9. The number of hydrogen-bond donors (Lipinski definition) is 1. The van der Waals surface area contributed by atoms with Crippen molar-refractivity contribution in [1.82, 2.24) is 15.3 Å². The number of aromatic nitrogens is 2. The van der Waals surface area contributed by atoms with E-state index in [1.165, 1.54) is 12.3 Å². The van der Waals surface area contributed by atoms with E-state index < -0.39 is 0 Å². The number of amides is 1. The number of benzene rings is 1. The van der Waals surface area contributed by atoms with Crippen molar-refractivity contribution in [3.05, 3.63) is 53.4 Å². The SMILES string of the molecule is Cc1cnc(C(=O)NC2CCCN(c3ccc(F)cc3C)C2)cn1. The van der Waals surface area contributed by atoms with Gasteiger partial charge in [-0.3, -0.25) is 9.78 Å². The number of nitrogens with one attached hydrogen (secondary N) is 1. The fraction of sp³-hybridized carbons (Fsp3) is 0.389. The van der Waals surface area contributed by atoms with Gasteiger partial charge in [-0.25, -0.2) is 9.37 Å². The average Bonchev–Trinajstić information content (AvgIpc) is 2.55. The van der Waals surface area contributed by atoms with Crippen LogP contribution in [0.3, 0.4) is 0 Å². The molecule has 2 aromatic rings. The molecule has 1 N–H and O–H groups in total. The van der Waals surface area contributed by atoms with Gasteiger partial charge in [-0.2, -0.15) is 0 Å². The minimum Gasteiger partial charge on any atom is -0.369 e. The van der Waals surface area contributed by atoms with Gasteiger partial charge in [0.05, 0.1) is 11.9 Å². The number of carbonyl (C=O) groups is 1. The van der Waals surface area contributed by atoms with Gasteiger partial charge in [0, 0.05) is 31.0 Å². The van der Waals surface area contributed by atoms with E-state index >= 15 is 0 Å². The topological polar surface area (TPSA) is 58.1 Å². The number of carbonyl (C=O) groups excluding carboxylic acids is 1. The van der Waals surface area contributed by atoms with Gasteiger partial charge in [-0.05, 0) is 50.5 Å². The van der Waals surface area contributed by atoms with Crippen LogP contribution in [0, 0.1) is 19.7 Å². The van der Waals surface area contributed by atoms with Gasteiger partial charge in [-0.1, -0.05) is 0 Å². The lowest BCUT2D eigenvalue weighted by Crippen LogP contribution is -2.48. The van der Waals surface area contributed by atoms with E-state index in [0.29, 0.717) is 12.2 Å². The van der Waals surface area contributed by atoms with Crippen LogP contribution >= 0.6 is 0 Å². The van der Waals surface area contributed by atoms with E-state index in [0.717, 1.165) is 36.3 Å². The quantitative estimate of drug-likeness (QED) is 0.941. The Balaban J connectivity index is 1.67. The molecule has 0 aliphatic carbocycles. The molecule has 1 aromatic carbocycles. The Labute approximate surface area is 140 Å². The molecule has 1 aromatic heterocycles. The van der Waals surface area contributed by atoms with Crippen LogP contribution in [0.2, 0.25) is 0 Å². The molecular weight excluding hydrogens is 307 g/mol. The number of aryl methyl sites for hydroxylation is 2. The van der Waals surface area contributed by atoms with Crippen LogP contribution in [0.5, 0.6) is 0 Å². The summed E-state index contributed by atoms with van der Waals surface area (Å²) in [7, 11) is 0. The van der Waals surface area contributed by atoms with Crippen LogP contribution in [-0.4, -0.2) is 35.0 Å². The van der Waals surface area contributed by atoms with E-state index in [4.69, 9.17) is 0 Å². The van der Waals surface area contributed by atoms with Crippen molar-refractivity contribution in [3.8, 4) is 0 Å². The van der Waals surface area contributed by atoms with Gasteiger partial charge in [0.15, 0.2) is 0 Å². The van der Waals surface area contributed by atoms with E-state index in [1.54, 1.807) is 18.3 Å². The van der Waals surface area contributed by atoms with E-state index in [2.05, 4.69) is 20.2 Å². The molecule has 6 heteroatoms. The summed E-state index contributed by atoms with van der Waals surface area (Å²) < 4.78 is 13.3. The standard InChI is InChI=1S/C18H21FN4O/c1-12-8-14(19)5-6-17(12)23-7-3-4-15(11-23)22-18(24)16-10-20-13(2)9-21-16/h5-6,8-10,15H,3-4,7,11H2,1-2H3,(H,22,24). The van der Waals surface area contributed by atoms with Crippen LogP contribution in [-0.2, 0) is 0 Å². The van der Waals surface area contributed by atoms with Gasteiger partial charge < -0.3 is 10.2 Å². The number of rotatable bonds is 3. The zero-order valence-electron chi connectivity index (χ0n) is 13.9. The summed E-state index contributed by atoms with van der Waals surface area (Å²) in [5, 5.41) is 3.03.